The second-order valence-electron chi connectivity index (χ2n) is 6.43. The first-order chi connectivity index (χ1) is 15.2. The van der Waals surface area contributed by atoms with E-state index in [1.54, 1.807) is 0 Å². The van der Waals surface area contributed by atoms with E-state index in [2.05, 4.69) is 20.3 Å². The highest BCUT2D eigenvalue weighted by atomic mass is 19.4. The average molecular weight is 449 g/mol. The number of anilines is 1. The summed E-state index contributed by atoms with van der Waals surface area (Å²) in [7, 11) is 1.36. The van der Waals surface area contributed by atoms with Crippen molar-refractivity contribution in [3.05, 3.63) is 71.8 Å². The van der Waals surface area contributed by atoms with Crippen LogP contribution in [0.3, 0.4) is 0 Å². The number of carbonyl (C=O) groups is 1. The molecule has 2 aromatic heterocycles. The molecule has 7 nitrogen and oxygen atoms in total. The van der Waals surface area contributed by atoms with Crippen molar-refractivity contribution < 1.29 is 31.5 Å². The molecule has 0 aliphatic heterocycles. The van der Waals surface area contributed by atoms with Gasteiger partial charge in [-0.3, -0.25) is 9.36 Å². The van der Waals surface area contributed by atoms with Crippen LogP contribution in [0, 0.1) is 11.6 Å². The molecular formula is C20H12F5N5O2. The van der Waals surface area contributed by atoms with Crippen LogP contribution in [-0.2, 0) is 6.18 Å². The van der Waals surface area contributed by atoms with Crippen LogP contribution in [0.1, 0.15) is 16.2 Å². The minimum absolute atomic E-state index is 0.0485. The lowest BCUT2D eigenvalue weighted by Crippen LogP contribution is -2.18. The summed E-state index contributed by atoms with van der Waals surface area (Å²) in [5.41, 5.74) is -0.714. The van der Waals surface area contributed by atoms with E-state index < -0.39 is 35.1 Å². The van der Waals surface area contributed by atoms with Gasteiger partial charge >= 0.3 is 6.18 Å². The van der Waals surface area contributed by atoms with E-state index in [0.717, 1.165) is 35.2 Å². The number of nitrogens with one attached hydrogen (secondary N) is 1. The van der Waals surface area contributed by atoms with Gasteiger partial charge in [-0.25, -0.2) is 23.7 Å². The van der Waals surface area contributed by atoms with Crippen molar-refractivity contribution in [2.24, 2.45) is 0 Å². The highest BCUT2D eigenvalue weighted by molar-refractivity contribution is 6.04. The van der Waals surface area contributed by atoms with Gasteiger partial charge in [0.05, 0.1) is 30.5 Å². The molecule has 1 N–H and O–H groups in total. The zero-order valence-corrected chi connectivity index (χ0v) is 16.1. The SMILES string of the molecule is COc1ccc2nc(C(F)(F)F)n(-c3cnc(NC(=O)c4c(F)cccc4F)cn3)c2c1. The Kier molecular flexibility index (Phi) is 5.20. The quantitative estimate of drug-likeness (QED) is 0.468. The first kappa shape index (κ1) is 21.2. The van der Waals surface area contributed by atoms with Gasteiger partial charge in [0.25, 0.3) is 5.91 Å². The molecule has 4 rings (SSSR count). The molecule has 0 saturated carbocycles. The number of halogens is 5. The summed E-state index contributed by atoms with van der Waals surface area (Å²) in [5, 5.41) is 2.15. The molecule has 2 heterocycles. The molecule has 0 fully saturated rings. The summed E-state index contributed by atoms with van der Waals surface area (Å²) in [6.45, 7) is 0. The number of aromatic nitrogens is 4. The third-order valence-corrected chi connectivity index (χ3v) is 4.41. The zero-order chi connectivity index (χ0) is 23.0. The summed E-state index contributed by atoms with van der Waals surface area (Å²) in [6.07, 6.45) is -2.88. The molecule has 0 saturated heterocycles. The predicted molar refractivity (Wildman–Crippen MR) is 103 cm³/mol. The third-order valence-electron chi connectivity index (χ3n) is 4.41. The number of rotatable bonds is 4. The summed E-state index contributed by atoms with van der Waals surface area (Å²) >= 11 is 0. The summed E-state index contributed by atoms with van der Waals surface area (Å²) in [4.78, 5) is 23.5. The number of carbonyl (C=O) groups excluding carboxylic acids is 1. The highest BCUT2D eigenvalue weighted by Crippen LogP contribution is 2.34. The Balaban J connectivity index is 1.72. The number of imidazole rings is 1. The fraction of sp³-hybridized carbons (Fsp3) is 0.100. The van der Waals surface area contributed by atoms with E-state index in [1.807, 2.05) is 0 Å². The Morgan fingerprint density at radius 1 is 1.06 bits per heavy atom. The van der Waals surface area contributed by atoms with Crippen LogP contribution in [0.4, 0.5) is 27.8 Å². The molecule has 0 bridgehead atoms. The second-order valence-corrected chi connectivity index (χ2v) is 6.43. The molecule has 1 amide bonds. The first-order valence-electron chi connectivity index (χ1n) is 8.90. The Bertz CT molecular complexity index is 1300. The first-order valence-corrected chi connectivity index (χ1v) is 8.90. The number of methoxy groups -OCH3 is 1. The van der Waals surface area contributed by atoms with Gasteiger partial charge in [0, 0.05) is 6.07 Å². The molecule has 0 spiro atoms. The lowest BCUT2D eigenvalue weighted by Gasteiger charge is -2.11. The summed E-state index contributed by atoms with van der Waals surface area (Å²) < 4.78 is 74.1. The van der Waals surface area contributed by atoms with Gasteiger partial charge in [0.2, 0.25) is 5.82 Å². The Morgan fingerprint density at radius 2 is 1.78 bits per heavy atom. The van der Waals surface area contributed by atoms with Crippen LogP contribution >= 0.6 is 0 Å². The molecule has 12 heteroatoms. The lowest BCUT2D eigenvalue weighted by molar-refractivity contribution is -0.145. The molecule has 0 aliphatic rings. The van der Waals surface area contributed by atoms with Crippen molar-refractivity contribution in [3.63, 3.8) is 0 Å². The van der Waals surface area contributed by atoms with E-state index in [9.17, 15) is 26.7 Å². The largest absolute Gasteiger partial charge is 0.497 e. The van der Waals surface area contributed by atoms with Crippen LogP contribution in [-0.4, -0.2) is 32.5 Å². The van der Waals surface area contributed by atoms with Crippen LogP contribution in [0.15, 0.2) is 48.8 Å². The number of nitrogens with zero attached hydrogens (tertiary/aromatic N) is 4. The van der Waals surface area contributed by atoms with Gasteiger partial charge in [-0.15, -0.1) is 0 Å². The van der Waals surface area contributed by atoms with Gasteiger partial charge in [0.15, 0.2) is 11.6 Å². The lowest BCUT2D eigenvalue weighted by atomic mass is 10.2. The smallest absolute Gasteiger partial charge is 0.450 e. The Hall–Kier alpha value is -4.09. The average Bonchev–Trinajstić information content (AvgIpc) is 3.13. The van der Waals surface area contributed by atoms with Crippen LogP contribution in [0.5, 0.6) is 5.75 Å². The molecule has 32 heavy (non-hydrogen) atoms. The molecular weight excluding hydrogens is 437 g/mol. The van der Waals surface area contributed by atoms with Crippen molar-refractivity contribution in [2.45, 2.75) is 6.18 Å². The van der Waals surface area contributed by atoms with Crippen molar-refractivity contribution >= 4 is 22.8 Å². The summed E-state index contributed by atoms with van der Waals surface area (Å²) in [6, 6.07) is 7.10. The summed E-state index contributed by atoms with van der Waals surface area (Å²) in [5.74, 6) is -4.70. The Labute approximate surface area is 176 Å². The molecule has 0 aliphatic carbocycles. The predicted octanol–water partition coefficient (Wildman–Crippen LogP) is 4.37. The van der Waals surface area contributed by atoms with Gasteiger partial charge < -0.3 is 10.1 Å². The van der Waals surface area contributed by atoms with E-state index in [0.29, 0.717) is 5.75 Å². The number of ether oxygens (including phenoxy) is 1. The van der Waals surface area contributed by atoms with Gasteiger partial charge in [-0.05, 0) is 24.3 Å². The third kappa shape index (κ3) is 3.82. The maximum atomic E-state index is 13.8. The molecule has 0 unspecified atom stereocenters. The molecule has 0 radical (unpaired) electrons. The molecule has 4 aromatic rings. The van der Waals surface area contributed by atoms with Crippen molar-refractivity contribution in [1.82, 2.24) is 19.5 Å². The maximum Gasteiger partial charge on any atom is 0.450 e. The number of hydrogen-bond donors (Lipinski definition) is 1. The maximum absolute atomic E-state index is 13.8. The van der Waals surface area contributed by atoms with Gasteiger partial charge in [-0.2, -0.15) is 13.2 Å². The number of hydrogen-bond acceptors (Lipinski definition) is 5. The standard InChI is InChI=1S/C20H12F5N5O2/c1-32-10-5-6-13-14(7-10)30(19(28-13)20(23,24)25)16-9-26-15(8-27-16)29-18(31)17-11(21)3-2-4-12(17)22/h2-9H,1H3,(H,26,29,31). The number of benzene rings is 2. The highest BCUT2D eigenvalue weighted by Gasteiger charge is 2.38. The monoisotopic (exact) mass is 449 g/mol. The zero-order valence-electron chi connectivity index (χ0n) is 16.1. The van der Waals surface area contributed by atoms with E-state index in [1.165, 1.54) is 25.3 Å². The Morgan fingerprint density at radius 3 is 2.38 bits per heavy atom. The topological polar surface area (TPSA) is 81.9 Å². The molecule has 164 valence electrons. The normalized spacial score (nSPS) is 11.6. The van der Waals surface area contributed by atoms with Crippen molar-refractivity contribution in [1.29, 1.82) is 0 Å². The molecule has 2 aromatic carbocycles. The fourth-order valence-electron chi connectivity index (χ4n) is 3.00. The minimum Gasteiger partial charge on any atom is -0.497 e. The van der Waals surface area contributed by atoms with Crippen molar-refractivity contribution in [2.75, 3.05) is 12.4 Å². The van der Waals surface area contributed by atoms with Crippen LogP contribution in [0.25, 0.3) is 16.9 Å². The number of amides is 1. The number of fused-ring (bicyclic) bond motifs is 1. The van der Waals surface area contributed by atoms with Crippen LogP contribution in [0.2, 0.25) is 0 Å². The minimum atomic E-state index is -4.80. The van der Waals surface area contributed by atoms with E-state index in [4.69, 9.17) is 4.74 Å². The van der Waals surface area contributed by atoms with Gasteiger partial charge in [-0.1, -0.05) is 6.07 Å². The van der Waals surface area contributed by atoms with Gasteiger partial charge in [0.1, 0.15) is 22.9 Å². The van der Waals surface area contributed by atoms with E-state index >= 15 is 0 Å². The second kappa shape index (κ2) is 7.87. The van der Waals surface area contributed by atoms with Crippen molar-refractivity contribution in [3.8, 4) is 11.6 Å². The van der Waals surface area contributed by atoms with Crippen LogP contribution < -0.4 is 10.1 Å². The molecule has 0 atom stereocenters. The fourth-order valence-corrected chi connectivity index (χ4v) is 3.00. The number of alkyl halides is 3. The van der Waals surface area contributed by atoms with E-state index in [-0.39, 0.29) is 22.7 Å².